The van der Waals surface area contributed by atoms with Gasteiger partial charge in [-0.3, -0.25) is 4.90 Å². The number of carbonyl (C=O) groups is 1. The quantitative estimate of drug-likeness (QED) is 0.653. The highest BCUT2D eigenvalue weighted by Crippen LogP contribution is 2.59. The third kappa shape index (κ3) is 1.97. The highest BCUT2D eigenvalue weighted by Gasteiger charge is 2.59. The fourth-order valence-corrected chi connectivity index (χ4v) is 5.85. The molecule has 148 valence electrons. The normalized spacial score (nSPS) is 30.9. The zero-order valence-corrected chi connectivity index (χ0v) is 16.6. The molecule has 0 saturated heterocycles. The Morgan fingerprint density at radius 1 is 1.36 bits per heavy atom. The van der Waals surface area contributed by atoms with Gasteiger partial charge in [0.05, 0.1) is 25.8 Å². The highest BCUT2D eigenvalue weighted by atomic mass is 16.5. The summed E-state index contributed by atoms with van der Waals surface area (Å²) in [6.07, 6.45) is 6.40. The molecule has 5 rings (SSSR count). The van der Waals surface area contributed by atoms with Crippen LogP contribution in [0.3, 0.4) is 0 Å². The summed E-state index contributed by atoms with van der Waals surface area (Å²) in [7, 11) is 2.96. The Balaban J connectivity index is 1.94. The molecule has 1 aromatic carbocycles. The van der Waals surface area contributed by atoms with Crippen molar-refractivity contribution < 1.29 is 19.4 Å². The molecule has 0 amide bonds. The molecule has 0 fully saturated rings. The van der Waals surface area contributed by atoms with E-state index in [0.717, 1.165) is 42.5 Å². The van der Waals surface area contributed by atoms with E-state index in [0.29, 0.717) is 5.75 Å². The lowest BCUT2D eigenvalue weighted by atomic mass is 9.64. The van der Waals surface area contributed by atoms with Crippen LogP contribution in [0.15, 0.2) is 30.4 Å². The summed E-state index contributed by atoms with van der Waals surface area (Å²) in [6.45, 7) is 4.00. The van der Waals surface area contributed by atoms with Crippen LogP contribution in [-0.4, -0.2) is 47.9 Å². The maximum Gasteiger partial charge on any atom is 0.359 e. The van der Waals surface area contributed by atoms with E-state index in [1.165, 1.54) is 12.7 Å². The number of aromatic nitrogens is 1. The lowest BCUT2D eigenvalue weighted by Gasteiger charge is -2.55. The van der Waals surface area contributed by atoms with Crippen LogP contribution in [0.2, 0.25) is 0 Å². The van der Waals surface area contributed by atoms with E-state index in [1.54, 1.807) is 7.11 Å². The Kier molecular flexibility index (Phi) is 3.71. The first-order chi connectivity index (χ1) is 13.5. The second kappa shape index (κ2) is 5.84. The third-order valence-corrected chi connectivity index (χ3v) is 7.04. The minimum absolute atomic E-state index is 0.133. The van der Waals surface area contributed by atoms with E-state index in [9.17, 15) is 9.90 Å². The van der Waals surface area contributed by atoms with Crippen molar-refractivity contribution in [2.75, 3.05) is 27.3 Å². The standard InChI is InChI=1S/C22H26N2O4/c1-4-21-10-6-11-23-12-9-15-14-7-5-8-16(27-2)17(14)24(18(15)19(21)23)22(26,13-21)20(25)28-3/h5-8,10,19,26H,4,9,11-13H2,1-3H3. The molecule has 0 spiro atoms. The molecule has 1 N–H and O–H groups in total. The number of hydrogen-bond donors (Lipinski definition) is 1. The average Bonchev–Trinajstić information content (AvgIpc) is 3.08. The van der Waals surface area contributed by atoms with Crippen molar-refractivity contribution in [3.05, 3.63) is 41.6 Å². The van der Waals surface area contributed by atoms with Crippen LogP contribution in [0.25, 0.3) is 10.9 Å². The fourth-order valence-electron chi connectivity index (χ4n) is 5.85. The van der Waals surface area contributed by atoms with Crippen molar-refractivity contribution in [1.29, 1.82) is 0 Å². The molecule has 4 heterocycles. The first-order valence-corrected chi connectivity index (χ1v) is 9.94. The minimum atomic E-state index is -1.77. The van der Waals surface area contributed by atoms with Crippen molar-refractivity contribution in [2.45, 2.75) is 38.0 Å². The zero-order chi connectivity index (χ0) is 19.7. The monoisotopic (exact) mass is 382 g/mol. The van der Waals surface area contributed by atoms with Crippen LogP contribution in [-0.2, 0) is 21.7 Å². The van der Waals surface area contributed by atoms with Crippen LogP contribution in [0.5, 0.6) is 5.75 Å². The number of hydrogen-bond acceptors (Lipinski definition) is 5. The number of aliphatic hydroxyl groups is 1. The summed E-state index contributed by atoms with van der Waals surface area (Å²) < 4.78 is 12.6. The molecule has 3 atom stereocenters. The molecule has 0 aliphatic carbocycles. The van der Waals surface area contributed by atoms with E-state index >= 15 is 0 Å². The summed E-state index contributed by atoms with van der Waals surface area (Å²) in [5.74, 6) is 0.0385. The van der Waals surface area contributed by atoms with E-state index in [-0.39, 0.29) is 17.9 Å². The topological polar surface area (TPSA) is 63.9 Å². The smallest absolute Gasteiger partial charge is 0.359 e. The molecule has 6 heteroatoms. The van der Waals surface area contributed by atoms with Crippen molar-refractivity contribution >= 4 is 16.9 Å². The van der Waals surface area contributed by atoms with Crippen molar-refractivity contribution in [1.82, 2.24) is 9.47 Å². The average molecular weight is 382 g/mol. The van der Waals surface area contributed by atoms with Gasteiger partial charge in [-0.25, -0.2) is 4.79 Å². The Labute approximate surface area is 164 Å². The number of nitrogens with zero attached hydrogens (tertiary/aromatic N) is 2. The van der Waals surface area contributed by atoms with Gasteiger partial charge >= 0.3 is 5.97 Å². The highest BCUT2D eigenvalue weighted by molar-refractivity contribution is 5.94. The van der Waals surface area contributed by atoms with Gasteiger partial charge in [0.15, 0.2) is 0 Å². The molecular formula is C22H26N2O4. The number of methoxy groups -OCH3 is 2. The lowest BCUT2D eigenvalue weighted by Crippen LogP contribution is -2.58. The van der Waals surface area contributed by atoms with Crippen molar-refractivity contribution in [3.8, 4) is 5.75 Å². The zero-order valence-electron chi connectivity index (χ0n) is 16.6. The maximum atomic E-state index is 13.0. The SMILES string of the molecule is CCC12C=CCN3CCc4c(n(c5c(OC)cccc45)C(O)(C(=O)OC)C1)C32. The molecule has 1 aromatic heterocycles. The fraction of sp³-hybridized carbons (Fsp3) is 0.500. The van der Waals surface area contributed by atoms with Crippen LogP contribution in [0.1, 0.15) is 37.1 Å². The Morgan fingerprint density at radius 3 is 2.89 bits per heavy atom. The van der Waals surface area contributed by atoms with Gasteiger partial charge in [-0.1, -0.05) is 31.2 Å². The van der Waals surface area contributed by atoms with E-state index in [1.807, 2.05) is 16.7 Å². The van der Waals surface area contributed by atoms with Gasteiger partial charge in [0.1, 0.15) is 5.75 Å². The second-order valence-corrected chi connectivity index (χ2v) is 8.18. The first-order valence-electron chi connectivity index (χ1n) is 9.94. The molecule has 3 aliphatic rings. The second-order valence-electron chi connectivity index (χ2n) is 8.18. The summed E-state index contributed by atoms with van der Waals surface area (Å²) in [5, 5.41) is 12.9. The molecule has 0 bridgehead atoms. The summed E-state index contributed by atoms with van der Waals surface area (Å²) in [4.78, 5) is 15.4. The summed E-state index contributed by atoms with van der Waals surface area (Å²) >= 11 is 0. The number of esters is 1. The number of fused-ring (bicyclic) bond motifs is 3. The Hall–Kier alpha value is -2.31. The largest absolute Gasteiger partial charge is 0.495 e. The van der Waals surface area contributed by atoms with E-state index < -0.39 is 11.7 Å². The van der Waals surface area contributed by atoms with Gasteiger partial charge in [0, 0.05) is 36.0 Å². The molecule has 0 radical (unpaired) electrons. The molecule has 3 aliphatic heterocycles. The van der Waals surface area contributed by atoms with Gasteiger partial charge in [-0.15, -0.1) is 0 Å². The van der Waals surface area contributed by atoms with Gasteiger partial charge < -0.3 is 19.1 Å². The van der Waals surface area contributed by atoms with Gasteiger partial charge in [0.25, 0.3) is 0 Å². The Bertz CT molecular complexity index is 1010. The maximum absolute atomic E-state index is 13.0. The van der Waals surface area contributed by atoms with E-state index in [2.05, 4.69) is 30.0 Å². The predicted octanol–water partition coefficient (Wildman–Crippen LogP) is 2.74. The van der Waals surface area contributed by atoms with Crippen LogP contribution in [0.4, 0.5) is 0 Å². The first kappa shape index (κ1) is 17.8. The number of carbonyl (C=O) groups excluding carboxylic acids is 1. The molecule has 2 aromatic rings. The van der Waals surface area contributed by atoms with Gasteiger partial charge in [-0.05, 0) is 24.5 Å². The Morgan fingerprint density at radius 2 is 2.18 bits per heavy atom. The van der Waals surface area contributed by atoms with E-state index in [4.69, 9.17) is 9.47 Å². The van der Waals surface area contributed by atoms with Crippen molar-refractivity contribution in [3.63, 3.8) is 0 Å². The van der Waals surface area contributed by atoms with Gasteiger partial charge in [-0.2, -0.15) is 0 Å². The van der Waals surface area contributed by atoms with Crippen molar-refractivity contribution in [2.24, 2.45) is 5.41 Å². The molecule has 3 unspecified atom stereocenters. The number of ether oxygens (including phenoxy) is 2. The molecule has 6 nitrogen and oxygen atoms in total. The predicted molar refractivity (Wildman–Crippen MR) is 105 cm³/mol. The molecule has 28 heavy (non-hydrogen) atoms. The lowest BCUT2D eigenvalue weighted by molar-refractivity contribution is -0.187. The molecule has 0 saturated carbocycles. The van der Waals surface area contributed by atoms with Crippen LogP contribution < -0.4 is 4.74 Å². The third-order valence-electron chi connectivity index (χ3n) is 7.04. The summed E-state index contributed by atoms with van der Waals surface area (Å²) in [6, 6.07) is 6.06. The summed E-state index contributed by atoms with van der Waals surface area (Å²) in [5.41, 5.74) is 0.950. The van der Waals surface area contributed by atoms with Crippen LogP contribution >= 0.6 is 0 Å². The number of benzene rings is 1. The minimum Gasteiger partial charge on any atom is -0.495 e. The number of rotatable bonds is 3. The van der Waals surface area contributed by atoms with Gasteiger partial charge in [0.2, 0.25) is 5.72 Å². The molecular weight excluding hydrogens is 356 g/mol. The number of para-hydroxylation sites is 1. The van der Waals surface area contributed by atoms with Crippen LogP contribution in [0, 0.1) is 5.41 Å².